The van der Waals surface area contributed by atoms with Gasteiger partial charge >= 0.3 is 0 Å². The molecule has 6 heteroatoms. The predicted molar refractivity (Wildman–Crippen MR) is 115 cm³/mol. The third-order valence-corrected chi connectivity index (χ3v) is 5.81. The summed E-state index contributed by atoms with van der Waals surface area (Å²) in [7, 11) is 0. The Bertz CT molecular complexity index is 1170. The van der Waals surface area contributed by atoms with Gasteiger partial charge in [-0.2, -0.15) is 0 Å². The van der Waals surface area contributed by atoms with Crippen LogP contribution >= 0.6 is 11.3 Å². The lowest BCUT2D eigenvalue weighted by Gasteiger charge is -2.08. The van der Waals surface area contributed by atoms with Gasteiger partial charge in [-0.1, -0.05) is 30.3 Å². The third-order valence-electron chi connectivity index (χ3n) is 4.79. The van der Waals surface area contributed by atoms with Crippen LogP contribution in [-0.2, 0) is 6.54 Å². The van der Waals surface area contributed by atoms with E-state index in [1.807, 2.05) is 37.3 Å². The van der Waals surface area contributed by atoms with Crippen molar-refractivity contribution in [2.75, 3.05) is 6.61 Å². The first kappa shape index (κ1) is 19.3. The minimum absolute atomic E-state index is 0.0531. The number of aryl methyl sites for hydroxylation is 2. The molecule has 2 aromatic carbocycles. The number of thiophene rings is 1. The molecule has 0 saturated carbocycles. The summed E-state index contributed by atoms with van der Waals surface area (Å²) in [5.74, 6) is 0.560. The maximum atomic E-state index is 13.3. The standard InChI is InChI=1S/C23H21FN2O2S/c1-16-20(17-9-11-18(24)12-10-17)21-22(29-16)25-15-26(23(21)27)13-5-6-14-28-19-7-3-2-4-8-19/h2-4,7-12,15H,5-6,13-14H2,1H3. The normalized spacial score (nSPS) is 11.1. The van der Waals surface area contributed by atoms with Crippen LogP contribution in [0, 0.1) is 12.7 Å². The van der Waals surface area contributed by atoms with Crippen molar-refractivity contribution in [3.63, 3.8) is 0 Å². The molecule has 0 aliphatic heterocycles. The van der Waals surface area contributed by atoms with E-state index >= 15 is 0 Å². The van der Waals surface area contributed by atoms with Gasteiger partial charge in [0.15, 0.2) is 0 Å². The maximum absolute atomic E-state index is 13.3. The number of benzene rings is 2. The smallest absolute Gasteiger partial charge is 0.262 e. The van der Waals surface area contributed by atoms with Crippen LogP contribution in [0.2, 0.25) is 0 Å². The van der Waals surface area contributed by atoms with Gasteiger partial charge in [0.1, 0.15) is 16.4 Å². The molecular weight excluding hydrogens is 387 g/mol. The Kier molecular flexibility index (Phi) is 5.71. The van der Waals surface area contributed by atoms with Crippen molar-refractivity contribution in [1.29, 1.82) is 0 Å². The van der Waals surface area contributed by atoms with Gasteiger partial charge in [0, 0.05) is 17.0 Å². The van der Waals surface area contributed by atoms with Crippen LogP contribution in [-0.4, -0.2) is 16.2 Å². The molecule has 2 aromatic heterocycles. The van der Waals surface area contributed by atoms with Crippen molar-refractivity contribution in [2.45, 2.75) is 26.3 Å². The molecule has 0 spiro atoms. The highest BCUT2D eigenvalue weighted by molar-refractivity contribution is 7.19. The number of hydrogen-bond acceptors (Lipinski definition) is 4. The first-order valence-electron chi connectivity index (χ1n) is 9.56. The second-order valence-electron chi connectivity index (χ2n) is 6.83. The van der Waals surface area contributed by atoms with E-state index in [0.29, 0.717) is 18.5 Å². The van der Waals surface area contributed by atoms with Gasteiger partial charge in [-0.25, -0.2) is 9.37 Å². The van der Waals surface area contributed by atoms with Crippen molar-refractivity contribution < 1.29 is 9.13 Å². The summed E-state index contributed by atoms with van der Waals surface area (Å²) in [6.07, 6.45) is 3.27. The zero-order valence-electron chi connectivity index (χ0n) is 16.1. The van der Waals surface area contributed by atoms with Crippen molar-refractivity contribution in [3.8, 4) is 16.9 Å². The third kappa shape index (κ3) is 4.22. The summed E-state index contributed by atoms with van der Waals surface area (Å²) in [4.78, 5) is 19.3. The topological polar surface area (TPSA) is 44.1 Å². The van der Waals surface area contributed by atoms with Crippen LogP contribution in [0.5, 0.6) is 5.75 Å². The molecular formula is C23H21FN2O2S. The Balaban J connectivity index is 1.50. The van der Waals surface area contributed by atoms with Gasteiger partial charge in [0.2, 0.25) is 0 Å². The highest BCUT2D eigenvalue weighted by Crippen LogP contribution is 2.35. The molecule has 4 nitrogen and oxygen atoms in total. The Labute approximate surface area is 172 Å². The van der Waals surface area contributed by atoms with E-state index in [-0.39, 0.29) is 11.4 Å². The number of hydrogen-bond donors (Lipinski definition) is 0. The van der Waals surface area contributed by atoms with Gasteiger partial charge < -0.3 is 4.74 Å². The van der Waals surface area contributed by atoms with E-state index in [4.69, 9.17) is 4.74 Å². The second-order valence-corrected chi connectivity index (χ2v) is 8.04. The molecule has 29 heavy (non-hydrogen) atoms. The fraction of sp³-hybridized carbons (Fsp3) is 0.217. The first-order chi connectivity index (χ1) is 14.1. The predicted octanol–water partition coefficient (Wildman–Crippen LogP) is 5.43. The lowest BCUT2D eigenvalue weighted by atomic mass is 10.0. The Morgan fingerprint density at radius 2 is 1.83 bits per heavy atom. The minimum atomic E-state index is -0.292. The monoisotopic (exact) mass is 408 g/mol. The van der Waals surface area contributed by atoms with E-state index in [9.17, 15) is 9.18 Å². The summed E-state index contributed by atoms with van der Waals surface area (Å²) in [6, 6.07) is 15.9. The highest BCUT2D eigenvalue weighted by atomic mass is 32.1. The molecule has 4 rings (SSSR count). The van der Waals surface area contributed by atoms with Crippen LogP contribution in [0.25, 0.3) is 21.3 Å². The lowest BCUT2D eigenvalue weighted by molar-refractivity contribution is 0.303. The zero-order chi connectivity index (χ0) is 20.2. The summed E-state index contributed by atoms with van der Waals surface area (Å²) >= 11 is 1.49. The number of nitrogens with zero attached hydrogens (tertiary/aromatic N) is 2. The molecule has 2 heterocycles. The van der Waals surface area contributed by atoms with Crippen LogP contribution in [0.15, 0.2) is 65.7 Å². The van der Waals surface area contributed by atoms with Crippen molar-refractivity contribution in [1.82, 2.24) is 9.55 Å². The molecule has 0 aliphatic rings. The molecule has 0 atom stereocenters. The zero-order valence-corrected chi connectivity index (χ0v) is 16.9. The second kappa shape index (κ2) is 8.57. The average molecular weight is 408 g/mol. The number of aromatic nitrogens is 2. The van der Waals surface area contributed by atoms with Crippen LogP contribution in [0.3, 0.4) is 0 Å². The molecule has 0 unspecified atom stereocenters. The highest BCUT2D eigenvalue weighted by Gasteiger charge is 2.16. The van der Waals surface area contributed by atoms with Gasteiger partial charge in [-0.05, 0) is 49.6 Å². The fourth-order valence-electron chi connectivity index (χ4n) is 3.35. The SMILES string of the molecule is Cc1sc2ncn(CCCCOc3ccccc3)c(=O)c2c1-c1ccc(F)cc1. The summed E-state index contributed by atoms with van der Waals surface area (Å²) in [5.41, 5.74) is 1.63. The van der Waals surface area contributed by atoms with E-state index in [1.165, 1.54) is 23.5 Å². The molecule has 0 fully saturated rings. The lowest BCUT2D eigenvalue weighted by Crippen LogP contribution is -2.20. The van der Waals surface area contributed by atoms with Crippen LogP contribution in [0.4, 0.5) is 4.39 Å². The number of rotatable bonds is 7. The Morgan fingerprint density at radius 3 is 2.59 bits per heavy atom. The minimum Gasteiger partial charge on any atom is -0.494 e. The largest absolute Gasteiger partial charge is 0.494 e. The average Bonchev–Trinajstić information content (AvgIpc) is 3.07. The van der Waals surface area contributed by atoms with E-state index < -0.39 is 0 Å². The van der Waals surface area contributed by atoms with Gasteiger partial charge in [0.05, 0.1) is 18.3 Å². The van der Waals surface area contributed by atoms with E-state index in [1.54, 1.807) is 23.0 Å². The van der Waals surface area contributed by atoms with Gasteiger partial charge in [-0.3, -0.25) is 9.36 Å². The number of fused-ring (bicyclic) bond motifs is 1. The molecule has 0 bridgehead atoms. The van der Waals surface area contributed by atoms with Crippen LogP contribution in [0.1, 0.15) is 17.7 Å². The molecule has 0 N–H and O–H groups in total. The van der Waals surface area contributed by atoms with Crippen molar-refractivity contribution in [2.24, 2.45) is 0 Å². The molecule has 0 saturated heterocycles. The summed E-state index contributed by atoms with van der Waals surface area (Å²) in [5, 5.41) is 0.613. The number of halogens is 1. The van der Waals surface area contributed by atoms with Crippen molar-refractivity contribution in [3.05, 3.63) is 82.0 Å². The summed E-state index contributed by atoms with van der Waals surface area (Å²) < 4.78 is 20.7. The molecule has 0 amide bonds. The molecule has 0 aliphatic carbocycles. The van der Waals surface area contributed by atoms with Gasteiger partial charge in [-0.15, -0.1) is 11.3 Å². The Morgan fingerprint density at radius 1 is 1.07 bits per heavy atom. The van der Waals surface area contributed by atoms with Crippen LogP contribution < -0.4 is 10.3 Å². The summed E-state index contributed by atoms with van der Waals surface area (Å²) in [6.45, 7) is 3.15. The molecule has 148 valence electrons. The number of ether oxygens (including phenoxy) is 1. The number of para-hydroxylation sites is 1. The molecule has 4 aromatic rings. The number of unbranched alkanes of at least 4 members (excludes halogenated alkanes) is 1. The van der Waals surface area contributed by atoms with E-state index in [2.05, 4.69) is 4.98 Å². The van der Waals surface area contributed by atoms with Crippen molar-refractivity contribution >= 4 is 21.6 Å². The fourth-order valence-corrected chi connectivity index (χ4v) is 4.36. The first-order valence-corrected chi connectivity index (χ1v) is 10.4. The van der Waals surface area contributed by atoms with E-state index in [0.717, 1.165) is 39.4 Å². The quantitative estimate of drug-likeness (QED) is 0.383. The molecule has 0 radical (unpaired) electrons. The van der Waals surface area contributed by atoms with Gasteiger partial charge in [0.25, 0.3) is 5.56 Å². The Hall–Kier alpha value is -2.99. The maximum Gasteiger partial charge on any atom is 0.262 e.